The Hall–Kier alpha value is -6.69. The van der Waals surface area contributed by atoms with Crippen LogP contribution in [0.1, 0.15) is 0 Å². The number of hydrogen-bond acceptors (Lipinski definition) is 5. The molecular weight excluding hydrogens is 655 g/mol. The molecule has 0 saturated carbocycles. The number of nitrogens with zero attached hydrogens (tertiary/aromatic N) is 3. The molecular formula is C47H27N3OS. The van der Waals surface area contributed by atoms with E-state index in [9.17, 15) is 0 Å². The van der Waals surface area contributed by atoms with E-state index in [1.807, 2.05) is 41.7 Å². The molecule has 4 nitrogen and oxygen atoms in total. The lowest BCUT2D eigenvalue weighted by molar-refractivity contribution is 0.669. The lowest BCUT2D eigenvalue weighted by Crippen LogP contribution is -2.01. The van der Waals surface area contributed by atoms with Crippen molar-refractivity contribution in [2.24, 2.45) is 0 Å². The first-order valence-corrected chi connectivity index (χ1v) is 18.2. The molecule has 0 atom stereocenters. The highest BCUT2D eigenvalue weighted by Gasteiger charge is 2.21. The van der Waals surface area contributed by atoms with Gasteiger partial charge in [-0.25, -0.2) is 15.0 Å². The molecule has 0 amide bonds. The second-order valence-electron chi connectivity index (χ2n) is 13.1. The molecule has 5 heteroatoms. The van der Waals surface area contributed by atoms with Gasteiger partial charge in [0, 0.05) is 47.6 Å². The number of hydrogen-bond donors (Lipinski definition) is 0. The number of rotatable bonds is 4. The Bertz CT molecular complexity index is 3200. The van der Waals surface area contributed by atoms with Gasteiger partial charge in [0.15, 0.2) is 17.5 Å². The Balaban J connectivity index is 1.19. The molecule has 0 saturated heterocycles. The maximum Gasteiger partial charge on any atom is 0.164 e. The third kappa shape index (κ3) is 4.50. The van der Waals surface area contributed by atoms with Gasteiger partial charge < -0.3 is 4.42 Å². The summed E-state index contributed by atoms with van der Waals surface area (Å²) >= 11 is 1.83. The molecule has 242 valence electrons. The van der Waals surface area contributed by atoms with Gasteiger partial charge in [-0.1, -0.05) is 127 Å². The van der Waals surface area contributed by atoms with Crippen molar-refractivity contribution in [3.63, 3.8) is 0 Å². The highest BCUT2D eigenvalue weighted by molar-refractivity contribution is 7.25. The zero-order valence-electron chi connectivity index (χ0n) is 27.7. The van der Waals surface area contributed by atoms with Gasteiger partial charge in [0.1, 0.15) is 11.2 Å². The molecule has 0 spiro atoms. The van der Waals surface area contributed by atoms with Crippen molar-refractivity contribution in [2.45, 2.75) is 0 Å². The Morgan fingerprint density at radius 3 is 1.81 bits per heavy atom. The van der Waals surface area contributed by atoms with Crippen LogP contribution < -0.4 is 0 Å². The van der Waals surface area contributed by atoms with Gasteiger partial charge in [-0.3, -0.25) is 0 Å². The van der Waals surface area contributed by atoms with Crippen molar-refractivity contribution in [3.05, 3.63) is 164 Å². The van der Waals surface area contributed by atoms with E-state index in [0.717, 1.165) is 60.5 Å². The Morgan fingerprint density at radius 1 is 0.365 bits per heavy atom. The van der Waals surface area contributed by atoms with Crippen molar-refractivity contribution in [1.82, 2.24) is 15.0 Å². The minimum atomic E-state index is 0.600. The third-order valence-corrected chi connectivity index (χ3v) is 11.3. The largest absolute Gasteiger partial charge is 0.456 e. The standard InChI is InChI=1S/C47H27N3OS/c1-2-12-28(13-3-1)45-48-46(50-47(49-45)38-27-29-14-4-5-15-31(29)33-16-6-7-17-34(33)38)36-20-11-22-40-44(36)43-32(19-10-21-39(43)51-40)30-24-25-42-37(26-30)35-18-8-9-23-41(35)52-42/h1-27H. The maximum atomic E-state index is 6.59. The average Bonchev–Trinajstić information content (AvgIpc) is 3.79. The summed E-state index contributed by atoms with van der Waals surface area (Å²) in [4.78, 5) is 15.6. The van der Waals surface area contributed by atoms with E-state index in [2.05, 4.69) is 133 Å². The first-order valence-electron chi connectivity index (χ1n) is 17.4. The van der Waals surface area contributed by atoms with Crippen molar-refractivity contribution >= 4 is 75.0 Å². The van der Waals surface area contributed by atoms with Crippen LogP contribution in [0.2, 0.25) is 0 Å². The molecule has 0 aliphatic rings. The molecule has 0 N–H and O–H groups in total. The van der Waals surface area contributed by atoms with Gasteiger partial charge in [0.2, 0.25) is 0 Å². The monoisotopic (exact) mass is 681 g/mol. The van der Waals surface area contributed by atoms with Crippen molar-refractivity contribution in [3.8, 4) is 45.3 Å². The van der Waals surface area contributed by atoms with Crippen LogP contribution in [0.3, 0.4) is 0 Å². The molecule has 3 aromatic heterocycles. The van der Waals surface area contributed by atoms with Crippen LogP contribution in [0, 0.1) is 0 Å². The fraction of sp³-hybridized carbons (Fsp3) is 0. The van der Waals surface area contributed by atoms with Crippen LogP contribution in [0.5, 0.6) is 0 Å². The van der Waals surface area contributed by atoms with E-state index < -0.39 is 0 Å². The van der Waals surface area contributed by atoms with Gasteiger partial charge in [-0.15, -0.1) is 11.3 Å². The SMILES string of the molecule is c1ccc(-c2nc(-c3cc4ccccc4c4ccccc34)nc(-c3cccc4oc5cccc(-c6ccc7sc8ccccc8c7c6)c5c34)n2)cc1. The molecule has 0 unspecified atom stereocenters. The van der Waals surface area contributed by atoms with E-state index in [1.165, 1.54) is 30.9 Å². The summed E-state index contributed by atoms with van der Waals surface area (Å²) in [5, 5.41) is 9.19. The number of benzene rings is 8. The predicted molar refractivity (Wildman–Crippen MR) is 217 cm³/mol. The topological polar surface area (TPSA) is 51.8 Å². The van der Waals surface area contributed by atoms with Crippen molar-refractivity contribution in [1.29, 1.82) is 0 Å². The van der Waals surface area contributed by atoms with Crippen LogP contribution in [0.4, 0.5) is 0 Å². The van der Waals surface area contributed by atoms with Crippen LogP contribution in [-0.2, 0) is 0 Å². The molecule has 0 radical (unpaired) electrons. The lowest BCUT2D eigenvalue weighted by atomic mass is 9.95. The van der Waals surface area contributed by atoms with E-state index in [0.29, 0.717) is 17.5 Å². The maximum absolute atomic E-state index is 6.59. The van der Waals surface area contributed by atoms with E-state index >= 15 is 0 Å². The highest BCUT2D eigenvalue weighted by atomic mass is 32.1. The summed E-state index contributed by atoms with van der Waals surface area (Å²) in [5.74, 6) is 1.85. The van der Waals surface area contributed by atoms with Gasteiger partial charge in [0.05, 0.1) is 0 Å². The summed E-state index contributed by atoms with van der Waals surface area (Å²) in [6.45, 7) is 0. The second kappa shape index (κ2) is 11.4. The minimum Gasteiger partial charge on any atom is -0.456 e. The van der Waals surface area contributed by atoms with E-state index in [1.54, 1.807) is 0 Å². The van der Waals surface area contributed by atoms with Gasteiger partial charge >= 0.3 is 0 Å². The molecule has 0 aliphatic carbocycles. The Kier molecular flexibility index (Phi) is 6.39. The molecule has 0 aliphatic heterocycles. The summed E-state index contributed by atoms with van der Waals surface area (Å²) in [6.07, 6.45) is 0. The van der Waals surface area contributed by atoms with Crippen LogP contribution in [0.25, 0.3) is 109 Å². The number of furan rings is 1. The van der Waals surface area contributed by atoms with Crippen LogP contribution >= 0.6 is 11.3 Å². The summed E-state index contributed by atoms with van der Waals surface area (Å²) < 4.78 is 9.16. The Morgan fingerprint density at radius 2 is 0.981 bits per heavy atom. The average molecular weight is 682 g/mol. The predicted octanol–water partition coefficient (Wildman–Crippen LogP) is 13.1. The number of aromatic nitrogens is 3. The normalized spacial score (nSPS) is 11.8. The molecule has 0 bridgehead atoms. The van der Waals surface area contributed by atoms with Gasteiger partial charge in [0.25, 0.3) is 0 Å². The highest BCUT2D eigenvalue weighted by Crippen LogP contribution is 2.43. The third-order valence-electron chi connectivity index (χ3n) is 10.1. The Labute approximate surface area is 302 Å². The molecule has 0 fully saturated rings. The summed E-state index contributed by atoms with van der Waals surface area (Å²) in [5.41, 5.74) is 6.67. The van der Waals surface area contributed by atoms with E-state index in [4.69, 9.17) is 19.4 Å². The van der Waals surface area contributed by atoms with Crippen molar-refractivity contribution < 1.29 is 4.42 Å². The quantitative estimate of drug-likeness (QED) is 0.174. The number of thiophene rings is 1. The molecule has 52 heavy (non-hydrogen) atoms. The van der Waals surface area contributed by atoms with Crippen LogP contribution in [0.15, 0.2) is 168 Å². The molecule has 11 rings (SSSR count). The molecule has 8 aromatic carbocycles. The number of fused-ring (bicyclic) bond motifs is 9. The van der Waals surface area contributed by atoms with E-state index in [-0.39, 0.29) is 0 Å². The zero-order chi connectivity index (χ0) is 34.2. The lowest BCUT2D eigenvalue weighted by Gasteiger charge is -2.13. The summed E-state index contributed by atoms with van der Waals surface area (Å²) in [7, 11) is 0. The molecule has 3 heterocycles. The van der Waals surface area contributed by atoms with Gasteiger partial charge in [-0.2, -0.15) is 0 Å². The minimum absolute atomic E-state index is 0.600. The second-order valence-corrected chi connectivity index (χ2v) is 14.2. The first-order chi connectivity index (χ1) is 25.8. The fourth-order valence-corrected chi connectivity index (χ4v) is 8.85. The first kappa shape index (κ1) is 29.1. The fourth-order valence-electron chi connectivity index (χ4n) is 7.76. The van der Waals surface area contributed by atoms with Gasteiger partial charge in [-0.05, 0) is 69.1 Å². The van der Waals surface area contributed by atoms with Crippen molar-refractivity contribution in [2.75, 3.05) is 0 Å². The summed E-state index contributed by atoms with van der Waals surface area (Å²) in [6, 6.07) is 57.3. The zero-order valence-corrected chi connectivity index (χ0v) is 28.6. The molecule has 11 aromatic rings. The van der Waals surface area contributed by atoms with Crippen LogP contribution in [-0.4, -0.2) is 15.0 Å². The smallest absolute Gasteiger partial charge is 0.164 e.